The molecule has 0 bridgehead atoms. The fraction of sp³-hybridized carbons (Fsp3) is 0.625. The minimum Gasteiger partial charge on any atom is -0.316 e. The lowest BCUT2D eigenvalue weighted by atomic mass is 9.85. The minimum atomic E-state index is -0.159. The second kappa shape index (κ2) is 7.01. The van der Waals surface area contributed by atoms with Crippen molar-refractivity contribution < 1.29 is 4.39 Å². The van der Waals surface area contributed by atoms with Crippen molar-refractivity contribution in [2.24, 2.45) is 5.41 Å². The van der Waals surface area contributed by atoms with Crippen LogP contribution in [0.15, 0.2) is 24.3 Å². The van der Waals surface area contributed by atoms with Gasteiger partial charge < -0.3 is 10.2 Å². The summed E-state index contributed by atoms with van der Waals surface area (Å²) in [5.74, 6) is -0.159. The van der Waals surface area contributed by atoms with E-state index in [0.717, 1.165) is 25.1 Å². The molecule has 108 valence electrons. The molecule has 0 fully saturated rings. The van der Waals surface area contributed by atoms with E-state index >= 15 is 0 Å². The molecule has 2 nitrogen and oxygen atoms in total. The van der Waals surface area contributed by atoms with Crippen molar-refractivity contribution in [3.63, 3.8) is 0 Å². The van der Waals surface area contributed by atoms with Gasteiger partial charge in [-0.3, -0.25) is 0 Å². The molecule has 0 saturated carbocycles. The van der Waals surface area contributed by atoms with Crippen molar-refractivity contribution in [1.29, 1.82) is 0 Å². The molecule has 3 heteroatoms. The van der Waals surface area contributed by atoms with Crippen LogP contribution < -0.4 is 5.32 Å². The topological polar surface area (TPSA) is 15.3 Å². The molecule has 0 radical (unpaired) electrons. The summed E-state index contributed by atoms with van der Waals surface area (Å²) >= 11 is 0. The maximum absolute atomic E-state index is 13.1. The molecular weight excluding hydrogens is 239 g/mol. The fourth-order valence-corrected chi connectivity index (χ4v) is 2.39. The van der Waals surface area contributed by atoms with Gasteiger partial charge >= 0.3 is 0 Å². The van der Waals surface area contributed by atoms with Crippen LogP contribution in [-0.4, -0.2) is 31.6 Å². The monoisotopic (exact) mass is 266 g/mol. The summed E-state index contributed by atoms with van der Waals surface area (Å²) in [7, 11) is 4.10. The van der Waals surface area contributed by atoms with Crippen LogP contribution in [0.25, 0.3) is 0 Å². The molecule has 1 aromatic rings. The van der Waals surface area contributed by atoms with Gasteiger partial charge in [0.05, 0.1) is 0 Å². The first kappa shape index (κ1) is 16.1. The number of hydrogen-bond donors (Lipinski definition) is 1. The highest BCUT2D eigenvalue weighted by Crippen LogP contribution is 2.21. The molecule has 1 rings (SSSR count). The summed E-state index contributed by atoms with van der Waals surface area (Å²) in [6, 6.07) is 7.32. The fourth-order valence-electron chi connectivity index (χ4n) is 2.39. The van der Waals surface area contributed by atoms with Gasteiger partial charge in [0.1, 0.15) is 5.82 Å². The number of halogens is 1. The van der Waals surface area contributed by atoms with E-state index < -0.39 is 0 Å². The number of nitrogens with zero attached hydrogens (tertiary/aromatic N) is 1. The SMILES string of the molecule is CNC(CCN(C)Cc1cccc(F)c1)C(C)(C)C. The van der Waals surface area contributed by atoms with Crippen LogP contribution in [0.3, 0.4) is 0 Å². The smallest absolute Gasteiger partial charge is 0.123 e. The van der Waals surface area contributed by atoms with Crippen molar-refractivity contribution in [3.05, 3.63) is 35.6 Å². The van der Waals surface area contributed by atoms with E-state index in [1.165, 1.54) is 6.07 Å². The molecule has 1 N–H and O–H groups in total. The Kier molecular flexibility index (Phi) is 5.95. The van der Waals surface area contributed by atoms with Gasteiger partial charge in [-0.1, -0.05) is 32.9 Å². The zero-order valence-electron chi connectivity index (χ0n) is 12.8. The highest BCUT2D eigenvalue weighted by molar-refractivity contribution is 5.15. The van der Waals surface area contributed by atoms with Gasteiger partial charge in [0.15, 0.2) is 0 Å². The molecule has 1 atom stereocenters. The first-order valence-corrected chi connectivity index (χ1v) is 6.93. The average Bonchev–Trinajstić information content (AvgIpc) is 2.27. The van der Waals surface area contributed by atoms with Gasteiger partial charge in [0.25, 0.3) is 0 Å². The molecule has 1 aromatic carbocycles. The van der Waals surface area contributed by atoms with Crippen molar-refractivity contribution in [2.75, 3.05) is 20.6 Å². The van der Waals surface area contributed by atoms with E-state index in [2.05, 4.69) is 38.0 Å². The van der Waals surface area contributed by atoms with Crippen LogP contribution in [0.2, 0.25) is 0 Å². The summed E-state index contributed by atoms with van der Waals surface area (Å²) < 4.78 is 13.1. The third-order valence-electron chi connectivity index (χ3n) is 3.53. The Morgan fingerprint density at radius 1 is 1.32 bits per heavy atom. The lowest BCUT2D eigenvalue weighted by Crippen LogP contribution is -2.40. The van der Waals surface area contributed by atoms with Crippen LogP contribution in [0.4, 0.5) is 4.39 Å². The maximum atomic E-state index is 13.1. The van der Waals surface area contributed by atoms with Gasteiger partial charge in [-0.15, -0.1) is 0 Å². The number of benzene rings is 1. The third-order valence-corrected chi connectivity index (χ3v) is 3.53. The second-order valence-corrected chi connectivity index (χ2v) is 6.36. The predicted molar refractivity (Wildman–Crippen MR) is 79.7 cm³/mol. The Hall–Kier alpha value is -0.930. The van der Waals surface area contributed by atoms with Gasteiger partial charge in [-0.2, -0.15) is 0 Å². The van der Waals surface area contributed by atoms with E-state index in [0.29, 0.717) is 6.04 Å². The number of hydrogen-bond acceptors (Lipinski definition) is 2. The minimum absolute atomic E-state index is 0.159. The zero-order chi connectivity index (χ0) is 14.5. The van der Waals surface area contributed by atoms with Crippen LogP contribution in [0, 0.1) is 11.2 Å². The van der Waals surface area contributed by atoms with E-state index in [1.54, 1.807) is 12.1 Å². The second-order valence-electron chi connectivity index (χ2n) is 6.36. The molecule has 1 unspecified atom stereocenters. The lowest BCUT2D eigenvalue weighted by molar-refractivity contribution is 0.227. The summed E-state index contributed by atoms with van der Waals surface area (Å²) in [6.45, 7) is 8.54. The Bertz CT molecular complexity index is 385. The molecule has 0 aliphatic heterocycles. The Morgan fingerprint density at radius 3 is 2.53 bits per heavy atom. The molecule has 0 saturated heterocycles. The third kappa shape index (κ3) is 5.70. The quantitative estimate of drug-likeness (QED) is 0.850. The van der Waals surface area contributed by atoms with Crippen LogP contribution in [-0.2, 0) is 6.54 Å². The van der Waals surface area contributed by atoms with E-state index in [1.807, 2.05) is 13.1 Å². The highest BCUT2D eigenvalue weighted by atomic mass is 19.1. The summed E-state index contributed by atoms with van der Waals surface area (Å²) in [6.07, 6.45) is 1.09. The molecule has 0 aliphatic carbocycles. The van der Waals surface area contributed by atoms with Crippen LogP contribution in [0.1, 0.15) is 32.8 Å². The summed E-state index contributed by atoms with van der Waals surface area (Å²) in [4.78, 5) is 2.24. The van der Waals surface area contributed by atoms with Crippen molar-refractivity contribution in [3.8, 4) is 0 Å². The molecule has 0 aliphatic rings. The molecule has 19 heavy (non-hydrogen) atoms. The van der Waals surface area contributed by atoms with Crippen molar-refractivity contribution in [1.82, 2.24) is 10.2 Å². The van der Waals surface area contributed by atoms with E-state index in [-0.39, 0.29) is 11.2 Å². The lowest BCUT2D eigenvalue weighted by Gasteiger charge is -2.32. The standard InChI is InChI=1S/C16H27FN2/c1-16(2,3)15(18-4)9-10-19(5)12-13-7-6-8-14(17)11-13/h6-8,11,15,18H,9-10,12H2,1-5H3. The summed E-state index contributed by atoms with van der Waals surface area (Å²) in [5.41, 5.74) is 1.29. The normalized spacial score (nSPS) is 13.8. The molecule has 0 spiro atoms. The first-order chi connectivity index (χ1) is 8.82. The van der Waals surface area contributed by atoms with Crippen molar-refractivity contribution >= 4 is 0 Å². The van der Waals surface area contributed by atoms with Gasteiger partial charge in [-0.05, 0) is 50.2 Å². The average molecular weight is 266 g/mol. The van der Waals surface area contributed by atoms with E-state index in [4.69, 9.17) is 0 Å². The van der Waals surface area contributed by atoms with Crippen LogP contribution in [0.5, 0.6) is 0 Å². The molecule has 0 amide bonds. The van der Waals surface area contributed by atoms with Gasteiger partial charge in [0.2, 0.25) is 0 Å². The molecule has 0 heterocycles. The number of rotatable bonds is 6. The Morgan fingerprint density at radius 2 is 2.00 bits per heavy atom. The van der Waals surface area contributed by atoms with Crippen molar-refractivity contribution in [2.45, 2.75) is 39.8 Å². The molecule has 0 aromatic heterocycles. The Balaban J connectivity index is 2.45. The zero-order valence-corrected chi connectivity index (χ0v) is 12.8. The largest absolute Gasteiger partial charge is 0.316 e. The summed E-state index contributed by atoms with van der Waals surface area (Å²) in [5, 5.41) is 3.38. The predicted octanol–water partition coefficient (Wildman–Crippen LogP) is 3.28. The van der Waals surface area contributed by atoms with Gasteiger partial charge in [-0.25, -0.2) is 4.39 Å². The highest BCUT2D eigenvalue weighted by Gasteiger charge is 2.22. The maximum Gasteiger partial charge on any atom is 0.123 e. The van der Waals surface area contributed by atoms with Gasteiger partial charge in [0, 0.05) is 12.6 Å². The Labute approximate surface area is 117 Å². The molecular formula is C16H27FN2. The van der Waals surface area contributed by atoms with Crippen LogP contribution >= 0.6 is 0 Å². The van der Waals surface area contributed by atoms with E-state index in [9.17, 15) is 4.39 Å². The number of nitrogens with one attached hydrogen (secondary N) is 1. The first-order valence-electron chi connectivity index (χ1n) is 6.93.